The van der Waals surface area contributed by atoms with Gasteiger partial charge in [0.25, 0.3) is 5.91 Å². The summed E-state index contributed by atoms with van der Waals surface area (Å²) in [5.41, 5.74) is 1.84. The van der Waals surface area contributed by atoms with Gasteiger partial charge in [-0.05, 0) is 44.6 Å². The van der Waals surface area contributed by atoms with Crippen LogP contribution < -0.4 is 5.32 Å². The van der Waals surface area contributed by atoms with Gasteiger partial charge in [-0.3, -0.25) is 4.79 Å². The Hall–Kier alpha value is -0.870. The van der Waals surface area contributed by atoms with Crippen molar-refractivity contribution in [3.05, 3.63) is 33.8 Å². The number of hydrogen-bond acceptors (Lipinski definition) is 2. The van der Waals surface area contributed by atoms with Crippen LogP contribution in [0.15, 0.2) is 22.7 Å². The van der Waals surface area contributed by atoms with Crippen molar-refractivity contribution in [3.63, 3.8) is 0 Å². The quantitative estimate of drug-likeness (QED) is 0.806. The third kappa shape index (κ3) is 5.11. The summed E-state index contributed by atoms with van der Waals surface area (Å²) in [5.74, 6) is 0.596. The molecule has 0 aliphatic heterocycles. The van der Waals surface area contributed by atoms with Gasteiger partial charge in [0, 0.05) is 22.6 Å². The van der Waals surface area contributed by atoms with Crippen molar-refractivity contribution in [3.8, 4) is 0 Å². The summed E-state index contributed by atoms with van der Waals surface area (Å²) in [6, 6.07) is 6.09. The largest absolute Gasteiger partial charge is 0.350 e. The highest BCUT2D eigenvalue weighted by atomic mass is 79.9. The highest BCUT2D eigenvalue weighted by Gasteiger charge is 2.21. The molecular formula is C17H27BrN2O. The molecule has 21 heavy (non-hydrogen) atoms. The van der Waals surface area contributed by atoms with Gasteiger partial charge < -0.3 is 10.2 Å². The molecule has 0 radical (unpaired) electrons. The summed E-state index contributed by atoms with van der Waals surface area (Å²) in [5, 5.41) is 3.07. The molecule has 1 rings (SSSR count). The lowest BCUT2D eigenvalue weighted by atomic mass is 9.93. The molecule has 1 unspecified atom stereocenters. The van der Waals surface area contributed by atoms with Crippen molar-refractivity contribution in [2.24, 2.45) is 5.92 Å². The molecule has 0 saturated heterocycles. The van der Waals surface area contributed by atoms with Gasteiger partial charge in [0.1, 0.15) is 0 Å². The van der Waals surface area contributed by atoms with Crippen molar-refractivity contribution < 1.29 is 4.79 Å². The van der Waals surface area contributed by atoms with Gasteiger partial charge in [0.05, 0.1) is 0 Å². The average Bonchev–Trinajstić information content (AvgIpc) is 2.45. The van der Waals surface area contributed by atoms with Crippen LogP contribution in [0, 0.1) is 12.8 Å². The van der Waals surface area contributed by atoms with Crippen LogP contribution in [-0.2, 0) is 0 Å². The molecule has 0 bridgehead atoms. The number of rotatable bonds is 7. The number of halogens is 1. The number of nitrogens with one attached hydrogen (secondary N) is 1. The van der Waals surface area contributed by atoms with Gasteiger partial charge in [0.2, 0.25) is 0 Å². The molecule has 118 valence electrons. The molecule has 0 spiro atoms. The smallest absolute Gasteiger partial charge is 0.251 e. The molecular weight excluding hydrogens is 328 g/mol. The Bertz CT molecular complexity index is 470. The normalized spacial score (nSPS) is 12.8. The van der Waals surface area contributed by atoms with Crippen molar-refractivity contribution in [2.75, 3.05) is 20.6 Å². The lowest BCUT2D eigenvalue weighted by molar-refractivity contribution is 0.0928. The fourth-order valence-electron chi connectivity index (χ4n) is 2.64. The number of aryl methyl sites for hydroxylation is 1. The lowest BCUT2D eigenvalue weighted by Crippen LogP contribution is -2.44. The Morgan fingerprint density at radius 3 is 2.38 bits per heavy atom. The summed E-state index contributed by atoms with van der Waals surface area (Å²) in [6.07, 6.45) is 2.26. The van der Waals surface area contributed by atoms with E-state index in [0.717, 1.165) is 22.9 Å². The molecule has 0 heterocycles. The molecule has 4 heteroatoms. The number of benzene rings is 1. The van der Waals surface area contributed by atoms with Crippen LogP contribution in [0.25, 0.3) is 0 Å². The highest BCUT2D eigenvalue weighted by Crippen LogP contribution is 2.18. The number of nitrogens with zero attached hydrogens (tertiary/aromatic N) is 1. The van der Waals surface area contributed by atoms with E-state index in [0.29, 0.717) is 24.1 Å². The molecule has 1 aromatic rings. The fraction of sp³-hybridized carbons (Fsp3) is 0.588. The lowest BCUT2D eigenvalue weighted by Gasteiger charge is -2.31. The SMILES string of the molecule is CCC(CC)C(CNC(=O)c1ccc(C)c(Br)c1)N(C)C. The highest BCUT2D eigenvalue weighted by molar-refractivity contribution is 9.10. The van der Waals surface area contributed by atoms with Gasteiger partial charge in [0.15, 0.2) is 0 Å². The zero-order chi connectivity index (χ0) is 16.0. The summed E-state index contributed by atoms with van der Waals surface area (Å²) >= 11 is 3.48. The predicted molar refractivity (Wildman–Crippen MR) is 92.8 cm³/mol. The first-order chi connectivity index (χ1) is 9.90. The zero-order valence-electron chi connectivity index (χ0n) is 13.7. The second-order valence-corrected chi connectivity index (χ2v) is 6.64. The van der Waals surface area contributed by atoms with E-state index in [2.05, 4.69) is 54.1 Å². The van der Waals surface area contributed by atoms with Crippen LogP contribution >= 0.6 is 15.9 Å². The van der Waals surface area contributed by atoms with Crippen LogP contribution in [0.1, 0.15) is 42.6 Å². The molecule has 1 amide bonds. The number of carbonyl (C=O) groups excluding carboxylic acids is 1. The number of amides is 1. The predicted octanol–water partition coefficient (Wildman–Crippen LogP) is 3.85. The first-order valence-electron chi connectivity index (χ1n) is 7.61. The molecule has 0 saturated carbocycles. The Morgan fingerprint density at radius 1 is 1.29 bits per heavy atom. The molecule has 0 aliphatic rings. The maximum absolute atomic E-state index is 12.3. The Balaban J connectivity index is 2.71. The van der Waals surface area contributed by atoms with Crippen LogP contribution in [0.3, 0.4) is 0 Å². The Kier molecular flexibility index (Phi) is 7.40. The van der Waals surface area contributed by atoms with Crippen LogP contribution in [-0.4, -0.2) is 37.5 Å². The second-order valence-electron chi connectivity index (χ2n) is 5.78. The monoisotopic (exact) mass is 354 g/mol. The summed E-state index contributed by atoms with van der Waals surface area (Å²) < 4.78 is 0.972. The molecule has 1 atom stereocenters. The van der Waals surface area contributed by atoms with Crippen molar-refractivity contribution in [1.29, 1.82) is 0 Å². The third-order valence-corrected chi connectivity index (χ3v) is 5.02. The van der Waals surface area contributed by atoms with Crippen molar-refractivity contribution in [2.45, 2.75) is 39.7 Å². The summed E-state index contributed by atoms with van der Waals surface area (Å²) in [4.78, 5) is 14.5. The van der Waals surface area contributed by atoms with Gasteiger partial charge in [-0.15, -0.1) is 0 Å². The third-order valence-electron chi connectivity index (χ3n) is 4.16. The van der Waals surface area contributed by atoms with E-state index in [4.69, 9.17) is 0 Å². The minimum absolute atomic E-state index is 0.00601. The van der Waals surface area contributed by atoms with E-state index in [9.17, 15) is 4.79 Å². The molecule has 0 aromatic heterocycles. The van der Waals surface area contributed by atoms with Crippen LogP contribution in [0.5, 0.6) is 0 Å². The van der Waals surface area contributed by atoms with Crippen molar-refractivity contribution >= 4 is 21.8 Å². The topological polar surface area (TPSA) is 32.3 Å². The summed E-state index contributed by atoms with van der Waals surface area (Å²) in [7, 11) is 4.16. The van der Waals surface area contributed by atoms with E-state index in [1.165, 1.54) is 0 Å². The van der Waals surface area contributed by atoms with E-state index in [-0.39, 0.29) is 5.91 Å². The van der Waals surface area contributed by atoms with E-state index in [1.54, 1.807) is 0 Å². The molecule has 3 nitrogen and oxygen atoms in total. The average molecular weight is 355 g/mol. The number of likely N-dealkylation sites (N-methyl/N-ethyl adjacent to an activating group) is 1. The van der Waals surface area contributed by atoms with Gasteiger partial charge in [-0.2, -0.15) is 0 Å². The molecule has 0 fully saturated rings. The standard InChI is InChI=1S/C17H27BrN2O/c1-6-13(7-2)16(20(4)5)11-19-17(21)14-9-8-12(3)15(18)10-14/h8-10,13,16H,6-7,11H2,1-5H3,(H,19,21). The minimum atomic E-state index is -0.00601. The number of carbonyl (C=O) groups is 1. The van der Waals surface area contributed by atoms with Gasteiger partial charge in [-0.1, -0.05) is 48.7 Å². The minimum Gasteiger partial charge on any atom is -0.350 e. The maximum atomic E-state index is 12.3. The molecule has 1 aromatic carbocycles. The first kappa shape index (κ1) is 18.2. The maximum Gasteiger partial charge on any atom is 0.251 e. The van der Waals surface area contributed by atoms with Crippen LogP contribution in [0.4, 0.5) is 0 Å². The number of hydrogen-bond donors (Lipinski definition) is 1. The Labute approximate surface area is 137 Å². The van der Waals surface area contributed by atoms with E-state index >= 15 is 0 Å². The second kappa shape index (κ2) is 8.54. The first-order valence-corrected chi connectivity index (χ1v) is 8.40. The zero-order valence-corrected chi connectivity index (χ0v) is 15.3. The molecule has 1 N–H and O–H groups in total. The van der Waals surface area contributed by atoms with E-state index in [1.807, 2.05) is 25.1 Å². The molecule has 0 aliphatic carbocycles. The van der Waals surface area contributed by atoms with Crippen LogP contribution in [0.2, 0.25) is 0 Å². The Morgan fingerprint density at radius 2 is 1.90 bits per heavy atom. The van der Waals surface area contributed by atoms with Gasteiger partial charge >= 0.3 is 0 Å². The fourth-order valence-corrected chi connectivity index (χ4v) is 3.02. The summed E-state index contributed by atoms with van der Waals surface area (Å²) in [6.45, 7) is 7.12. The van der Waals surface area contributed by atoms with Crippen molar-refractivity contribution in [1.82, 2.24) is 10.2 Å². The van der Waals surface area contributed by atoms with E-state index < -0.39 is 0 Å². The van der Waals surface area contributed by atoms with Gasteiger partial charge in [-0.25, -0.2) is 0 Å².